The summed E-state index contributed by atoms with van der Waals surface area (Å²) < 4.78 is 0. The molecule has 0 aliphatic carbocycles. The van der Waals surface area contributed by atoms with Crippen molar-refractivity contribution < 1.29 is 14.7 Å². The summed E-state index contributed by atoms with van der Waals surface area (Å²) in [5.41, 5.74) is -0.222. The lowest BCUT2D eigenvalue weighted by Crippen LogP contribution is -2.35. The summed E-state index contributed by atoms with van der Waals surface area (Å²) in [6.45, 7) is 2.68. The number of aromatic nitrogens is 1. The molecule has 0 saturated carbocycles. The number of carboxylic acid groups (broad SMARTS) is 1. The van der Waals surface area contributed by atoms with E-state index in [0.29, 0.717) is 12.4 Å². The van der Waals surface area contributed by atoms with Crippen molar-refractivity contribution in [3.05, 3.63) is 22.8 Å². The minimum Gasteiger partial charge on any atom is -0.476 e. The van der Waals surface area contributed by atoms with Gasteiger partial charge in [0.15, 0.2) is 5.69 Å². The number of nitrogens with zero attached hydrogens (tertiary/aromatic N) is 2. The molecule has 2 N–H and O–H groups in total. The number of likely N-dealkylation sites (N-methyl/N-ethyl adjacent to an activating group) is 1. The molecular formula is C12H16ClN3O3. The summed E-state index contributed by atoms with van der Waals surface area (Å²) >= 11 is 5.73. The lowest BCUT2D eigenvalue weighted by Gasteiger charge is -2.18. The van der Waals surface area contributed by atoms with Gasteiger partial charge < -0.3 is 15.3 Å². The van der Waals surface area contributed by atoms with E-state index in [0.717, 1.165) is 6.42 Å². The highest BCUT2D eigenvalue weighted by atomic mass is 35.5. The molecule has 0 spiro atoms. The molecule has 6 nitrogen and oxygen atoms in total. The van der Waals surface area contributed by atoms with Gasteiger partial charge in [-0.05, 0) is 18.6 Å². The molecule has 1 aromatic heterocycles. The molecule has 1 heterocycles. The van der Waals surface area contributed by atoms with E-state index in [1.54, 1.807) is 18.0 Å². The van der Waals surface area contributed by atoms with E-state index in [1.807, 2.05) is 6.92 Å². The van der Waals surface area contributed by atoms with Gasteiger partial charge in [0.05, 0.1) is 11.6 Å². The summed E-state index contributed by atoms with van der Waals surface area (Å²) in [6, 6.07) is 3.02. The van der Waals surface area contributed by atoms with Crippen molar-refractivity contribution in [2.45, 2.75) is 13.3 Å². The average Bonchev–Trinajstić information content (AvgIpc) is 2.36. The van der Waals surface area contributed by atoms with Crippen LogP contribution in [0.4, 0.5) is 5.82 Å². The molecule has 0 aliphatic heterocycles. The maximum atomic E-state index is 11.5. The van der Waals surface area contributed by atoms with Gasteiger partial charge in [0.25, 0.3) is 0 Å². The summed E-state index contributed by atoms with van der Waals surface area (Å²) in [6.07, 6.45) is 0.859. The van der Waals surface area contributed by atoms with Gasteiger partial charge in [-0.25, -0.2) is 9.78 Å². The van der Waals surface area contributed by atoms with E-state index >= 15 is 0 Å². The number of amides is 1. The number of carboxylic acids is 1. The van der Waals surface area contributed by atoms with Gasteiger partial charge in [0, 0.05) is 13.6 Å². The summed E-state index contributed by atoms with van der Waals surface area (Å²) in [7, 11) is 1.66. The Morgan fingerprint density at radius 3 is 2.74 bits per heavy atom. The number of aromatic carboxylic acids is 1. The Hall–Kier alpha value is -1.82. The van der Waals surface area contributed by atoms with Crippen LogP contribution in [0, 0.1) is 0 Å². The van der Waals surface area contributed by atoms with Crippen LogP contribution in [-0.2, 0) is 4.79 Å². The first-order valence-corrected chi connectivity index (χ1v) is 6.21. The molecule has 1 amide bonds. The molecule has 0 fully saturated rings. The zero-order chi connectivity index (χ0) is 14.4. The fourth-order valence-electron chi connectivity index (χ4n) is 1.41. The number of nitrogens with one attached hydrogen (secondary N) is 1. The zero-order valence-electron chi connectivity index (χ0n) is 10.8. The topological polar surface area (TPSA) is 82.5 Å². The normalized spacial score (nSPS) is 10.1. The lowest BCUT2D eigenvalue weighted by molar-refractivity contribution is -0.119. The first-order valence-electron chi connectivity index (χ1n) is 5.83. The second-order valence-electron chi connectivity index (χ2n) is 4.01. The van der Waals surface area contributed by atoms with Crippen LogP contribution < -0.4 is 10.2 Å². The van der Waals surface area contributed by atoms with Gasteiger partial charge in [-0.15, -0.1) is 0 Å². The maximum Gasteiger partial charge on any atom is 0.356 e. The third kappa shape index (κ3) is 4.40. The van der Waals surface area contributed by atoms with E-state index in [-0.39, 0.29) is 23.2 Å². The number of anilines is 1. The van der Waals surface area contributed by atoms with Crippen LogP contribution >= 0.6 is 11.6 Å². The van der Waals surface area contributed by atoms with Crippen molar-refractivity contribution in [3.8, 4) is 0 Å². The van der Waals surface area contributed by atoms with Crippen molar-refractivity contribution in [1.82, 2.24) is 10.3 Å². The van der Waals surface area contributed by atoms with Crippen molar-refractivity contribution in [2.75, 3.05) is 25.0 Å². The van der Waals surface area contributed by atoms with E-state index < -0.39 is 5.97 Å². The largest absolute Gasteiger partial charge is 0.476 e. The Morgan fingerprint density at radius 1 is 1.47 bits per heavy atom. The third-order valence-corrected chi connectivity index (χ3v) is 2.68. The summed E-state index contributed by atoms with van der Waals surface area (Å²) in [5.74, 6) is -0.956. The fourth-order valence-corrected chi connectivity index (χ4v) is 1.60. The van der Waals surface area contributed by atoms with Gasteiger partial charge in [-0.2, -0.15) is 0 Å². The maximum absolute atomic E-state index is 11.5. The van der Waals surface area contributed by atoms with Crippen LogP contribution in [0.25, 0.3) is 0 Å². The molecule has 104 valence electrons. The Balaban J connectivity index is 2.77. The quantitative estimate of drug-likeness (QED) is 0.825. The molecule has 0 atom stereocenters. The summed E-state index contributed by atoms with van der Waals surface area (Å²) in [5, 5.41) is 11.7. The molecule has 19 heavy (non-hydrogen) atoms. The Kier molecular flexibility index (Phi) is 5.57. The monoisotopic (exact) mass is 285 g/mol. The number of pyridine rings is 1. The van der Waals surface area contributed by atoms with Crippen LogP contribution in [0.15, 0.2) is 12.1 Å². The van der Waals surface area contributed by atoms with E-state index in [4.69, 9.17) is 16.7 Å². The molecule has 0 bridgehead atoms. The smallest absolute Gasteiger partial charge is 0.356 e. The number of carbonyl (C=O) groups is 2. The van der Waals surface area contributed by atoms with Gasteiger partial charge in [-0.3, -0.25) is 4.79 Å². The minimum atomic E-state index is -1.20. The highest BCUT2D eigenvalue weighted by molar-refractivity contribution is 6.33. The first-order chi connectivity index (χ1) is 8.95. The van der Waals surface area contributed by atoms with Gasteiger partial charge in [-0.1, -0.05) is 18.5 Å². The SMILES string of the molecule is CCCNC(=O)CN(C)c1ccc(Cl)c(C(=O)O)n1. The molecule has 1 aromatic rings. The average molecular weight is 286 g/mol. The Labute approximate surface area is 116 Å². The summed E-state index contributed by atoms with van der Waals surface area (Å²) in [4.78, 5) is 27.9. The molecule has 0 aliphatic rings. The van der Waals surface area contributed by atoms with Crippen molar-refractivity contribution in [1.29, 1.82) is 0 Å². The number of hydrogen-bond donors (Lipinski definition) is 2. The van der Waals surface area contributed by atoms with E-state index in [9.17, 15) is 9.59 Å². The van der Waals surface area contributed by atoms with Gasteiger partial charge >= 0.3 is 5.97 Å². The van der Waals surface area contributed by atoms with Crippen molar-refractivity contribution >= 4 is 29.3 Å². The first kappa shape index (κ1) is 15.2. The third-order valence-electron chi connectivity index (χ3n) is 2.38. The molecular weight excluding hydrogens is 270 g/mol. The zero-order valence-corrected chi connectivity index (χ0v) is 11.6. The Morgan fingerprint density at radius 2 is 2.16 bits per heavy atom. The second kappa shape index (κ2) is 6.94. The highest BCUT2D eigenvalue weighted by Gasteiger charge is 2.14. The van der Waals surface area contributed by atoms with E-state index in [1.165, 1.54) is 6.07 Å². The predicted molar refractivity (Wildman–Crippen MR) is 72.8 cm³/mol. The van der Waals surface area contributed by atoms with Gasteiger partial charge in [0.1, 0.15) is 5.82 Å². The molecule has 0 aromatic carbocycles. The predicted octanol–water partition coefficient (Wildman–Crippen LogP) is 1.40. The number of hydrogen-bond acceptors (Lipinski definition) is 4. The molecule has 0 radical (unpaired) electrons. The van der Waals surface area contributed by atoms with Gasteiger partial charge in [0.2, 0.25) is 5.91 Å². The number of rotatable bonds is 6. The standard InChI is InChI=1S/C12H16ClN3O3/c1-3-6-14-10(17)7-16(2)9-5-4-8(13)11(15-9)12(18)19/h4-5H,3,6-7H2,1-2H3,(H,14,17)(H,18,19). The molecule has 7 heteroatoms. The van der Waals surface area contributed by atoms with Crippen molar-refractivity contribution in [2.24, 2.45) is 0 Å². The second-order valence-corrected chi connectivity index (χ2v) is 4.42. The number of halogens is 1. The molecule has 0 saturated heterocycles. The fraction of sp³-hybridized carbons (Fsp3) is 0.417. The van der Waals surface area contributed by atoms with Crippen LogP contribution in [0.3, 0.4) is 0 Å². The Bertz CT molecular complexity index is 479. The number of carbonyl (C=O) groups excluding carboxylic acids is 1. The lowest BCUT2D eigenvalue weighted by atomic mass is 10.3. The van der Waals surface area contributed by atoms with Crippen LogP contribution in [0.1, 0.15) is 23.8 Å². The van der Waals surface area contributed by atoms with E-state index in [2.05, 4.69) is 10.3 Å². The van der Waals surface area contributed by atoms with Crippen molar-refractivity contribution in [3.63, 3.8) is 0 Å². The van der Waals surface area contributed by atoms with Crippen LogP contribution in [-0.4, -0.2) is 42.1 Å². The van der Waals surface area contributed by atoms with Crippen LogP contribution in [0.2, 0.25) is 5.02 Å². The minimum absolute atomic E-state index is 0.0695. The molecule has 0 unspecified atom stereocenters. The molecule has 1 rings (SSSR count). The van der Waals surface area contributed by atoms with Crippen LogP contribution in [0.5, 0.6) is 0 Å². The highest BCUT2D eigenvalue weighted by Crippen LogP contribution is 2.18.